The third-order valence-electron chi connectivity index (χ3n) is 3.69. The second kappa shape index (κ2) is 4.84. The highest BCUT2D eigenvalue weighted by Gasteiger charge is 2.31. The van der Waals surface area contributed by atoms with E-state index in [4.69, 9.17) is 0 Å². The lowest BCUT2D eigenvalue weighted by Crippen LogP contribution is -2.12. The number of aryl methyl sites for hydroxylation is 1. The predicted octanol–water partition coefficient (Wildman–Crippen LogP) is 3.15. The van der Waals surface area contributed by atoms with Crippen molar-refractivity contribution < 1.29 is 0 Å². The van der Waals surface area contributed by atoms with Crippen molar-refractivity contribution in [3.05, 3.63) is 47.5 Å². The van der Waals surface area contributed by atoms with E-state index in [1.807, 2.05) is 4.68 Å². The molecule has 1 heterocycles. The standard InChI is InChI=1S/C14H16BrN3/c1-2-18-13(16-9-17-18)8-11-7-10-5-3-4-6-12(10)14(11)15/h3-6,9,11,14H,2,7-8H2,1H3. The van der Waals surface area contributed by atoms with E-state index in [0.29, 0.717) is 10.7 Å². The molecule has 1 aliphatic rings. The fourth-order valence-corrected chi connectivity index (χ4v) is 3.57. The van der Waals surface area contributed by atoms with Crippen molar-refractivity contribution in [3.63, 3.8) is 0 Å². The maximum Gasteiger partial charge on any atom is 0.138 e. The first kappa shape index (κ1) is 11.9. The molecule has 0 spiro atoms. The first-order chi connectivity index (χ1) is 8.79. The molecule has 0 amide bonds. The number of hydrogen-bond acceptors (Lipinski definition) is 2. The molecule has 2 aromatic rings. The van der Waals surface area contributed by atoms with Gasteiger partial charge in [-0.15, -0.1) is 0 Å². The van der Waals surface area contributed by atoms with Crippen molar-refractivity contribution in [1.29, 1.82) is 0 Å². The summed E-state index contributed by atoms with van der Waals surface area (Å²) in [6.45, 7) is 3.00. The van der Waals surface area contributed by atoms with E-state index in [1.54, 1.807) is 6.33 Å². The van der Waals surface area contributed by atoms with Crippen LogP contribution in [0.25, 0.3) is 0 Å². The first-order valence-electron chi connectivity index (χ1n) is 6.38. The summed E-state index contributed by atoms with van der Waals surface area (Å²) < 4.78 is 1.99. The van der Waals surface area contributed by atoms with Crippen molar-refractivity contribution in [2.75, 3.05) is 0 Å². The molecule has 0 N–H and O–H groups in total. The molecule has 0 saturated heterocycles. The molecule has 0 fully saturated rings. The van der Waals surface area contributed by atoms with Gasteiger partial charge >= 0.3 is 0 Å². The zero-order valence-corrected chi connectivity index (χ0v) is 12.0. The Labute approximate surface area is 115 Å². The van der Waals surface area contributed by atoms with Gasteiger partial charge in [-0.05, 0) is 30.4 Å². The SMILES string of the molecule is CCn1ncnc1CC1Cc2ccccc2C1Br. The fraction of sp³-hybridized carbons (Fsp3) is 0.429. The Morgan fingerprint density at radius 3 is 3.00 bits per heavy atom. The summed E-state index contributed by atoms with van der Waals surface area (Å²) in [4.78, 5) is 4.82. The van der Waals surface area contributed by atoms with Gasteiger partial charge in [0.1, 0.15) is 12.2 Å². The summed E-state index contributed by atoms with van der Waals surface area (Å²) in [6, 6.07) is 8.69. The largest absolute Gasteiger partial charge is 0.250 e. The molecule has 4 heteroatoms. The lowest BCUT2D eigenvalue weighted by molar-refractivity contribution is 0.505. The Kier molecular flexibility index (Phi) is 3.20. The smallest absolute Gasteiger partial charge is 0.138 e. The van der Waals surface area contributed by atoms with Gasteiger partial charge < -0.3 is 0 Å². The Balaban J connectivity index is 1.81. The van der Waals surface area contributed by atoms with E-state index in [0.717, 1.165) is 25.2 Å². The number of alkyl halides is 1. The number of nitrogens with zero attached hydrogens (tertiary/aromatic N) is 3. The Morgan fingerprint density at radius 2 is 2.22 bits per heavy atom. The van der Waals surface area contributed by atoms with E-state index in [-0.39, 0.29) is 0 Å². The fourth-order valence-electron chi connectivity index (χ4n) is 2.75. The minimum absolute atomic E-state index is 0.440. The monoisotopic (exact) mass is 305 g/mol. The summed E-state index contributed by atoms with van der Waals surface area (Å²) in [7, 11) is 0. The van der Waals surface area contributed by atoms with Gasteiger partial charge in [-0.1, -0.05) is 40.2 Å². The van der Waals surface area contributed by atoms with Crippen LogP contribution in [0.5, 0.6) is 0 Å². The molecule has 1 aliphatic carbocycles. The molecule has 3 nitrogen and oxygen atoms in total. The summed E-state index contributed by atoms with van der Waals surface area (Å²) in [5, 5.41) is 4.24. The number of rotatable bonds is 3. The molecule has 0 aliphatic heterocycles. The van der Waals surface area contributed by atoms with Gasteiger partial charge in [-0.25, -0.2) is 4.98 Å². The van der Waals surface area contributed by atoms with Crippen LogP contribution in [0, 0.1) is 5.92 Å². The molecule has 1 aromatic carbocycles. The molecule has 94 valence electrons. The summed E-state index contributed by atoms with van der Waals surface area (Å²) in [5.74, 6) is 1.68. The van der Waals surface area contributed by atoms with Crippen LogP contribution < -0.4 is 0 Å². The van der Waals surface area contributed by atoms with Crippen molar-refractivity contribution in [2.24, 2.45) is 5.92 Å². The van der Waals surface area contributed by atoms with Gasteiger partial charge in [0.05, 0.1) is 0 Å². The van der Waals surface area contributed by atoms with Crippen LogP contribution in [-0.4, -0.2) is 14.8 Å². The van der Waals surface area contributed by atoms with Crippen molar-refractivity contribution in [1.82, 2.24) is 14.8 Å². The Bertz CT molecular complexity index is 549. The highest BCUT2D eigenvalue weighted by atomic mass is 79.9. The lowest BCUT2D eigenvalue weighted by atomic mass is 10.0. The van der Waals surface area contributed by atoms with Crippen LogP contribution in [-0.2, 0) is 19.4 Å². The Morgan fingerprint density at radius 1 is 1.39 bits per heavy atom. The summed E-state index contributed by atoms with van der Waals surface area (Å²) >= 11 is 3.84. The van der Waals surface area contributed by atoms with Crippen molar-refractivity contribution >= 4 is 15.9 Å². The van der Waals surface area contributed by atoms with Gasteiger partial charge in [0.2, 0.25) is 0 Å². The van der Waals surface area contributed by atoms with Gasteiger partial charge in [0.25, 0.3) is 0 Å². The quantitative estimate of drug-likeness (QED) is 0.816. The van der Waals surface area contributed by atoms with Crippen LogP contribution in [0.15, 0.2) is 30.6 Å². The predicted molar refractivity (Wildman–Crippen MR) is 74.7 cm³/mol. The first-order valence-corrected chi connectivity index (χ1v) is 7.29. The highest BCUT2D eigenvalue weighted by molar-refractivity contribution is 9.09. The van der Waals surface area contributed by atoms with E-state index in [9.17, 15) is 0 Å². The maximum absolute atomic E-state index is 4.38. The van der Waals surface area contributed by atoms with Gasteiger partial charge in [0.15, 0.2) is 0 Å². The zero-order chi connectivity index (χ0) is 12.5. The second-order valence-corrected chi connectivity index (χ2v) is 5.75. The van der Waals surface area contributed by atoms with E-state index >= 15 is 0 Å². The van der Waals surface area contributed by atoms with Gasteiger partial charge in [0, 0.05) is 17.8 Å². The molecule has 18 heavy (non-hydrogen) atoms. The summed E-state index contributed by atoms with van der Waals surface area (Å²) in [6.07, 6.45) is 3.77. The van der Waals surface area contributed by atoms with E-state index in [1.165, 1.54) is 11.1 Å². The van der Waals surface area contributed by atoms with Crippen molar-refractivity contribution in [3.8, 4) is 0 Å². The number of aromatic nitrogens is 3. The number of halogens is 1. The second-order valence-electron chi connectivity index (χ2n) is 4.76. The van der Waals surface area contributed by atoms with Crippen LogP contribution >= 0.6 is 15.9 Å². The number of hydrogen-bond donors (Lipinski definition) is 0. The van der Waals surface area contributed by atoms with Gasteiger partial charge in [-0.2, -0.15) is 5.10 Å². The molecular weight excluding hydrogens is 290 g/mol. The minimum atomic E-state index is 0.440. The van der Waals surface area contributed by atoms with E-state index in [2.05, 4.69) is 57.2 Å². The molecular formula is C14H16BrN3. The average molecular weight is 306 g/mol. The molecule has 3 rings (SSSR count). The van der Waals surface area contributed by atoms with Crippen molar-refractivity contribution in [2.45, 2.75) is 31.1 Å². The van der Waals surface area contributed by atoms with E-state index < -0.39 is 0 Å². The Hall–Kier alpha value is -1.16. The molecule has 0 bridgehead atoms. The van der Waals surface area contributed by atoms with Crippen LogP contribution in [0.1, 0.15) is 28.7 Å². The van der Waals surface area contributed by atoms with Crippen LogP contribution in [0.2, 0.25) is 0 Å². The maximum atomic E-state index is 4.38. The molecule has 2 atom stereocenters. The van der Waals surface area contributed by atoms with Gasteiger partial charge in [-0.3, -0.25) is 4.68 Å². The lowest BCUT2D eigenvalue weighted by Gasteiger charge is -2.14. The highest BCUT2D eigenvalue weighted by Crippen LogP contribution is 2.43. The molecule has 0 radical (unpaired) electrons. The third-order valence-corrected chi connectivity index (χ3v) is 4.93. The topological polar surface area (TPSA) is 30.7 Å². The normalized spacial score (nSPS) is 22.1. The molecule has 1 aromatic heterocycles. The average Bonchev–Trinajstić information content (AvgIpc) is 2.96. The molecule has 2 unspecified atom stereocenters. The summed E-state index contributed by atoms with van der Waals surface area (Å²) in [5.41, 5.74) is 2.90. The van der Waals surface area contributed by atoms with Crippen LogP contribution in [0.3, 0.4) is 0 Å². The zero-order valence-electron chi connectivity index (χ0n) is 10.4. The van der Waals surface area contributed by atoms with Crippen LogP contribution in [0.4, 0.5) is 0 Å². The number of benzene rings is 1. The number of fused-ring (bicyclic) bond motifs is 1. The minimum Gasteiger partial charge on any atom is -0.250 e. The molecule has 0 saturated carbocycles. The third kappa shape index (κ3) is 1.99.